The minimum atomic E-state index is -0.311. The van der Waals surface area contributed by atoms with Gasteiger partial charge in [0.15, 0.2) is 0 Å². The van der Waals surface area contributed by atoms with E-state index in [1.54, 1.807) is 29.9 Å². The topological polar surface area (TPSA) is 31.2 Å². The van der Waals surface area contributed by atoms with Crippen LogP contribution >= 0.6 is 15.9 Å². The SMILES string of the molecule is Cn1cccc1C(=O)OCBr. The van der Waals surface area contributed by atoms with Gasteiger partial charge in [-0.1, -0.05) is 0 Å². The summed E-state index contributed by atoms with van der Waals surface area (Å²) < 4.78 is 6.44. The van der Waals surface area contributed by atoms with Gasteiger partial charge in [-0.05, 0) is 28.1 Å². The predicted octanol–water partition coefficient (Wildman–Crippen LogP) is 1.53. The van der Waals surface area contributed by atoms with Gasteiger partial charge in [0.05, 0.1) is 0 Å². The Morgan fingerprint density at radius 1 is 1.82 bits per heavy atom. The molecule has 0 unspecified atom stereocenters. The lowest BCUT2D eigenvalue weighted by molar-refractivity contribution is 0.0573. The van der Waals surface area contributed by atoms with Crippen molar-refractivity contribution in [3.05, 3.63) is 24.0 Å². The summed E-state index contributed by atoms with van der Waals surface area (Å²) in [6.45, 7) is 0. The second-order valence-corrected chi connectivity index (χ2v) is 2.50. The lowest BCUT2D eigenvalue weighted by atomic mass is 10.4. The van der Waals surface area contributed by atoms with Gasteiger partial charge in [0.2, 0.25) is 0 Å². The molecular formula is C7H8BrNO2. The summed E-state index contributed by atoms with van der Waals surface area (Å²) in [7, 11) is 1.80. The highest BCUT2D eigenvalue weighted by molar-refractivity contribution is 9.09. The minimum Gasteiger partial charge on any atom is -0.449 e. The van der Waals surface area contributed by atoms with E-state index in [9.17, 15) is 4.79 Å². The highest BCUT2D eigenvalue weighted by Crippen LogP contribution is 2.02. The number of carbonyl (C=O) groups is 1. The number of alkyl halides is 1. The summed E-state index contributed by atoms with van der Waals surface area (Å²) in [6, 6.07) is 3.51. The zero-order valence-electron chi connectivity index (χ0n) is 6.08. The molecule has 0 radical (unpaired) electrons. The third-order valence-corrected chi connectivity index (χ3v) is 1.57. The Hall–Kier alpha value is -0.770. The van der Waals surface area contributed by atoms with E-state index in [0.717, 1.165) is 0 Å². The van der Waals surface area contributed by atoms with Crippen molar-refractivity contribution in [2.75, 3.05) is 5.52 Å². The molecule has 0 aliphatic carbocycles. The van der Waals surface area contributed by atoms with E-state index in [2.05, 4.69) is 15.9 Å². The van der Waals surface area contributed by atoms with Crippen molar-refractivity contribution in [2.45, 2.75) is 0 Å². The monoisotopic (exact) mass is 217 g/mol. The molecule has 11 heavy (non-hydrogen) atoms. The van der Waals surface area contributed by atoms with E-state index in [1.165, 1.54) is 0 Å². The van der Waals surface area contributed by atoms with E-state index in [0.29, 0.717) is 5.69 Å². The standard InChI is InChI=1S/C7H8BrNO2/c1-9-4-2-3-6(9)7(10)11-5-8/h2-4H,5H2,1H3. The molecule has 0 bridgehead atoms. The molecule has 0 aromatic carbocycles. The number of hydrogen-bond donors (Lipinski definition) is 0. The average Bonchev–Trinajstić information content (AvgIpc) is 2.36. The summed E-state index contributed by atoms with van der Waals surface area (Å²) in [6.07, 6.45) is 1.80. The van der Waals surface area contributed by atoms with E-state index < -0.39 is 0 Å². The molecule has 3 nitrogen and oxygen atoms in total. The van der Waals surface area contributed by atoms with E-state index in [-0.39, 0.29) is 11.5 Å². The second kappa shape index (κ2) is 3.57. The van der Waals surface area contributed by atoms with Crippen LogP contribution in [-0.2, 0) is 11.8 Å². The number of halogens is 1. The maximum Gasteiger partial charge on any atom is 0.355 e. The first kappa shape index (κ1) is 8.33. The van der Waals surface area contributed by atoms with Crippen LogP contribution in [0.4, 0.5) is 0 Å². The summed E-state index contributed by atoms with van der Waals surface area (Å²) in [4.78, 5) is 11.1. The molecule has 0 aliphatic rings. The molecule has 60 valence electrons. The molecule has 0 spiro atoms. The van der Waals surface area contributed by atoms with E-state index >= 15 is 0 Å². The molecule has 0 amide bonds. The Balaban J connectivity index is 2.76. The van der Waals surface area contributed by atoms with Crippen LogP contribution in [0.15, 0.2) is 18.3 Å². The van der Waals surface area contributed by atoms with Crippen LogP contribution in [0.2, 0.25) is 0 Å². The molecule has 0 saturated carbocycles. The largest absolute Gasteiger partial charge is 0.449 e. The number of hydrogen-bond acceptors (Lipinski definition) is 2. The van der Waals surface area contributed by atoms with Gasteiger partial charge >= 0.3 is 5.97 Å². The Kier molecular flexibility index (Phi) is 2.70. The van der Waals surface area contributed by atoms with Crippen molar-refractivity contribution in [1.82, 2.24) is 4.57 Å². The Morgan fingerprint density at radius 2 is 2.55 bits per heavy atom. The molecule has 4 heteroatoms. The van der Waals surface area contributed by atoms with Crippen LogP contribution in [-0.4, -0.2) is 16.1 Å². The number of carbonyl (C=O) groups excluding carboxylic acids is 1. The highest BCUT2D eigenvalue weighted by Gasteiger charge is 2.08. The number of esters is 1. The lowest BCUT2D eigenvalue weighted by Crippen LogP contribution is -2.08. The third-order valence-electron chi connectivity index (χ3n) is 1.34. The zero-order valence-corrected chi connectivity index (χ0v) is 7.67. The molecule has 0 N–H and O–H groups in total. The molecule has 1 rings (SSSR count). The third kappa shape index (κ3) is 1.83. The van der Waals surface area contributed by atoms with Gasteiger partial charge < -0.3 is 9.30 Å². The number of ether oxygens (including phenoxy) is 1. The second-order valence-electron chi connectivity index (χ2n) is 2.05. The van der Waals surface area contributed by atoms with E-state index in [4.69, 9.17) is 4.74 Å². The van der Waals surface area contributed by atoms with Gasteiger partial charge in [0, 0.05) is 13.2 Å². The van der Waals surface area contributed by atoms with Crippen LogP contribution in [0.3, 0.4) is 0 Å². The summed E-state index contributed by atoms with van der Waals surface area (Å²) in [5, 5.41) is 0. The van der Waals surface area contributed by atoms with Crippen molar-refractivity contribution in [3.8, 4) is 0 Å². The van der Waals surface area contributed by atoms with Crippen molar-refractivity contribution in [3.63, 3.8) is 0 Å². The fourth-order valence-electron chi connectivity index (χ4n) is 0.797. The summed E-state index contributed by atoms with van der Waals surface area (Å²) in [5.41, 5.74) is 0.793. The minimum absolute atomic E-state index is 0.233. The molecular weight excluding hydrogens is 210 g/mol. The number of rotatable bonds is 2. The van der Waals surface area contributed by atoms with Crippen molar-refractivity contribution >= 4 is 21.9 Å². The normalized spacial score (nSPS) is 9.64. The predicted molar refractivity (Wildman–Crippen MR) is 44.6 cm³/mol. The number of aromatic nitrogens is 1. The first-order valence-electron chi connectivity index (χ1n) is 3.10. The fourth-order valence-corrected chi connectivity index (χ4v) is 1.00. The molecule has 0 atom stereocenters. The molecule has 1 heterocycles. The van der Waals surface area contributed by atoms with Gasteiger partial charge in [-0.25, -0.2) is 4.79 Å². The first-order chi connectivity index (χ1) is 5.25. The highest BCUT2D eigenvalue weighted by atomic mass is 79.9. The van der Waals surface area contributed by atoms with Gasteiger partial charge in [0.25, 0.3) is 0 Å². The van der Waals surface area contributed by atoms with Crippen molar-refractivity contribution in [1.29, 1.82) is 0 Å². The maximum absolute atomic E-state index is 11.1. The molecule has 1 aromatic rings. The number of nitrogens with zero attached hydrogens (tertiary/aromatic N) is 1. The van der Waals surface area contributed by atoms with Gasteiger partial charge in [0.1, 0.15) is 11.2 Å². The summed E-state index contributed by atoms with van der Waals surface area (Å²) >= 11 is 3.01. The zero-order chi connectivity index (χ0) is 8.27. The van der Waals surface area contributed by atoms with Crippen molar-refractivity contribution < 1.29 is 9.53 Å². The van der Waals surface area contributed by atoms with Crippen LogP contribution < -0.4 is 0 Å². The first-order valence-corrected chi connectivity index (χ1v) is 4.22. The molecule has 0 aliphatic heterocycles. The van der Waals surface area contributed by atoms with Crippen molar-refractivity contribution in [2.24, 2.45) is 7.05 Å². The quantitative estimate of drug-likeness (QED) is 0.556. The molecule has 0 saturated heterocycles. The Bertz CT molecular complexity index is 257. The molecule has 1 aromatic heterocycles. The van der Waals surface area contributed by atoms with Crippen LogP contribution in [0.5, 0.6) is 0 Å². The summed E-state index contributed by atoms with van der Waals surface area (Å²) in [5.74, 6) is -0.311. The van der Waals surface area contributed by atoms with Gasteiger partial charge in [-0.15, -0.1) is 0 Å². The lowest BCUT2D eigenvalue weighted by Gasteiger charge is -2.00. The average molecular weight is 218 g/mol. The Morgan fingerprint density at radius 3 is 3.00 bits per heavy atom. The molecule has 0 fully saturated rings. The number of aryl methyl sites for hydroxylation is 1. The van der Waals surface area contributed by atoms with Crippen LogP contribution in [0.25, 0.3) is 0 Å². The van der Waals surface area contributed by atoms with Crippen LogP contribution in [0, 0.1) is 0 Å². The fraction of sp³-hybridized carbons (Fsp3) is 0.286. The van der Waals surface area contributed by atoms with Gasteiger partial charge in [-0.2, -0.15) is 0 Å². The smallest absolute Gasteiger partial charge is 0.355 e. The Labute approximate surface area is 73.1 Å². The van der Waals surface area contributed by atoms with Crippen LogP contribution in [0.1, 0.15) is 10.5 Å². The maximum atomic E-state index is 11.1. The van der Waals surface area contributed by atoms with Gasteiger partial charge in [-0.3, -0.25) is 0 Å². The van der Waals surface area contributed by atoms with E-state index in [1.807, 2.05) is 0 Å².